The number of benzene rings is 2. The Morgan fingerprint density at radius 2 is 1.74 bits per heavy atom. The Balaban J connectivity index is 1.72. The molecule has 35 heavy (non-hydrogen) atoms. The van der Waals surface area contributed by atoms with E-state index in [1.807, 2.05) is 90.2 Å². The van der Waals surface area contributed by atoms with E-state index in [-0.39, 0.29) is 18.5 Å². The topological polar surface area (TPSA) is 61.9 Å². The van der Waals surface area contributed by atoms with Crippen molar-refractivity contribution in [3.63, 3.8) is 0 Å². The van der Waals surface area contributed by atoms with Crippen LogP contribution in [0.1, 0.15) is 23.8 Å². The van der Waals surface area contributed by atoms with Crippen molar-refractivity contribution >= 4 is 40.7 Å². The Morgan fingerprint density at radius 3 is 2.40 bits per heavy atom. The number of nitrogens with one attached hydrogen (secondary N) is 1. The van der Waals surface area contributed by atoms with E-state index in [0.717, 1.165) is 15.3 Å². The molecule has 0 aliphatic rings. The Kier molecular flexibility index (Phi) is 11.1. The molecule has 0 atom stereocenters. The first-order chi connectivity index (χ1) is 17.1. The fraction of sp³-hybridized carbons (Fsp3) is 0.333. The molecule has 6 nitrogen and oxygen atoms in total. The number of amides is 3. The van der Waals surface area contributed by atoms with Crippen molar-refractivity contribution in [2.75, 3.05) is 37.9 Å². The highest BCUT2D eigenvalue weighted by atomic mass is 32.2. The van der Waals surface area contributed by atoms with Gasteiger partial charge >= 0.3 is 6.03 Å². The first-order valence-electron chi connectivity index (χ1n) is 11.7. The van der Waals surface area contributed by atoms with Gasteiger partial charge < -0.3 is 19.9 Å². The summed E-state index contributed by atoms with van der Waals surface area (Å²) < 4.78 is 5.45. The van der Waals surface area contributed by atoms with Gasteiger partial charge in [0.05, 0.1) is 6.54 Å². The standard InChI is InChI=1S/C27H33N3O3S2/c1-3-33-17-8-16-29(27(32)28-23-12-14-24(34-2)15-13-23)21-26(31)30(20-25-11-7-18-35-25)19-22-9-5-4-6-10-22/h4-7,9-15,18H,3,8,16-17,19-21H2,1-2H3,(H,28,32). The first kappa shape index (κ1) is 26.8. The summed E-state index contributed by atoms with van der Waals surface area (Å²) >= 11 is 3.27. The molecule has 1 N–H and O–H groups in total. The normalized spacial score (nSPS) is 10.7. The number of carbonyl (C=O) groups excluding carboxylic acids is 2. The van der Waals surface area contributed by atoms with Crippen molar-refractivity contribution in [3.8, 4) is 0 Å². The summed E-state index contributed by atoms with van der Waals surface area (Å²) in [6.45, 7) is 4.53. The lowest BCUT2D eigenvalue weighted by Crippen LogP contribution is -2.44. The average Bonchev–Trinajstić information content (AvgIpc) is 3.39. The lowest BCUT2D eigenvalue weighted by Gasteiger charge is -2.28. The van der Waals surface area contributed by atoms with E-state index in [9.17, 15) is 9.59 Å². The maximum absolute atomic E-state index is 13.5. The van der Waals surface area contributed by atoms with Crippen LogP contribution in [-0.4, -0.2) is 54.3 Å². The van der Waals surface area contributed by atoms with Gasteiger partial charge in [0.15, 0.2) is 0 Å². The Bertz CT molecular complexity index is 1030. The molecule has 8 heteroatoms. The zero-order valence-electron chi connectivity index (χ0n) is 20.3. The van der Waals surface area contributed by atoms with E-state index in [4.69, 9.17) is 4.74 Å². The molecule has 186 valence electrons. The molecular formula is C27H33N3O3S2. The number of nitrogens with zero attached hydrogens (tertiary/aromatic N) is 2. The van der Waals surface area contributed by atoms with Crippen molar-refractivity contribution in [2.24, 2.45) is 0 Å². The molecule has 1 heterocycles. The van der Waals surface area contributed by atoms with E-state index in [2.05, 4.69) is 5.32 Å². The van der Waals surface area contributed by atoms with Gasteiger partial charge in [0.2, 0.25) is 5.91 Å². The van der Waals surface area contributed by atoms with Crippen LogP contribution in [0.2, 0.25) is 0 Å². The first-order valence-corrected chi connectivity index (χ1v) is 13.8. The van der Waals surface area contributed by atoms with Crippen molar-refractivity contribution in [2.45, 2.75) is 31.3 Å². The van der Waals surface area contributed by atoms with Crippen LogP contribution in [0.25, 0.3) is 0 Å². The van der Waals surface area contributed by atoms with Crippen molar-refractivity contribution < 1.29 is 14.3 Å². The molecule has 0 fully saturated rings. The van der Waals surface area contributed by atoms with Crippen LogP contribution in [0.4, 0.5) is 10.5 Å². The van der Waals surface area contributed by atoms with E-state index >= 15 is 0 Å². The fourth-order valence-electron chi connectivity index (χ4n) is 3.52. The number of ether oxygens (including phenoxy) is 1. The predicted molar refractivity (Wildman–Crippen MR) is 145 cm³/mol. The van der Waals surface area contributed by atoms with Crippen LogP contribution in [0.5, 0.6) is 0 Å². The summed E-state index contributed by atoms with van der Waals surface area (Å²) in [5, 5.41) is 4.95. The van der Waals surface area contributed by atoms with Gasteiger partial charge in [-0.1, -0.05) is 36.4 Å². The minimum Gasteiger partial charge on any atom is -0.382 e. The van der Waals surface area contributed by atoms with Gasteiger partial charge in [-0.3, -0.25) is 4.79 Å². The van der Waals surface area contributed by atoms with Gasteiger partial charge in [-0.15, -0.1) is 23.1 Å². The minimum absolute atomic E-state index is 0.000930. The van der Waals surface area contributed by atoms with E-state index in [1.165, 1.54) is 0 Å². The molecule has 0 radical (unpaired) electrons. The molecule has 2 aromatic carbocycles. The molecule has 0 bridgehead atoms. The summed E-state index contributed by atoms with van der Waals surface area (Å²) in [4.78, 5) is 32.3. The third kappa shape index (κ3) is 9.05. The maximum atomic E-state index is 13.5. The minimum atomic E-state index is -0.289. The van der Waals surface area contributed by atoms with Crippen molar-refractivity contribution in [1.82, 2.24) is 9.80 Å². The van der Waals surface area contributed by atoms with Crippen LogP contribution in [0, 0.1) is 0 Å². The monoisotopic (exact) mass is 511 g/mol. The zero-order chi connectivity index (χ0) is 24.9. The third-order valence-electron chi connectivity index (χ3n) is 5.37. The smallest absolute Gasteiger partial charge is 0.322 e. The lowest BCUT2D eigenvalue weighted by atomic mass is 10.2. The third-order valence-corrected chi connectivity index (χ3v) is 6.98. The second-order valence-corrected chi connectivity index (χ2v) is 9.86. The van der Waals surface area contributed by atoms with E-state index in [0.29, 0.717) is 45.0 Å². The fourth-order valence-corrected chi connectivity index (χ4v) is 4.65. The molecule has 0 saturated heterocycles. The van der Waals surface area contributed by atoms with Crippen LogP contribution in [0.15, 0.2) is 77.0 Å². The van der Waals surface area contributed by atoms with Gasteiger partial charge in [-0.2, -0.15) is 0 Å². The number of thiophene rings is 1. The summed E-state index contributed by atoms with van der Waals surface area (Å²) in [5.74, 6) is -0.0912. The lowest BCUT2D eigenvalue weighted by molar-refractivity contribution is -0.133. The molecule has 0 spiro atoms. The number of hydrogen-bond donors (Lipinski definition) is 1. The van der Waals surface area contributed by atoms with Gasteiger partial charge in [0.1, 0.15) is 6.54 Å². The molecule has 3 rings (SSSR count). The summed E-state index contributed by atoms with van der Waals surface area (Å²) in [7, 11) is 0. The number of rotatable bonds is 13. The number of carbonyl (C=O) groups is 2. The molecular weight excluding hydrogens is 478 g/mol. The molecule has 0 unspecified atom stereocenters. The van der Waals surface area contributed by atoms with Gasteiger partial charge in [0.25, 0.3) is 0 Å². The van der Waals surface area contributed by atoms with Crippen molar-refractivity contribution in [3.05, 3.63) is 82.6 Å². The molecule has 3 amide bonds. The Hall–Kier alpha value is -2.81. The molecule has 0 saturated carbocycles. The molecule has 0 aliphatic heterocycles. The number of thioether (sulfide) groups is 1. The average molecular weight is 512 g/mol. The summed E-state index contributed by atoms with van der Waals surface area (Å²) in [6.07, 6.45) is 2.67. The molecule has 3 aromatic rings. The number of urea groups is 1. The highest BCUT2D eigenvalue weighted by molar-refractivity contribution is 7.98. The van der Waals surface area contributed by atoms with Gasteiger partial charge in [-0.25, -0.2) is 4.79 Å². The van der Waals surface area contributed by atoms with Crippen LogP contribution < -0.4 is 5.32 Å². The van der Waals surface area contributed by atoms with Gasteiger partial charge in [-0.05, 0) is 60.9 Å². The van der Waals surface area contributed by atoms with Gasteiger partial charge in [0, 0.05) is 41.8 Å². The molecule has 0 aliphatic carbocycles. The number of anilines is 1. The SMILES string of the molecule is CCOCCCN(CC(=O)N(Cc1ccccc1)Cc1cccs1)C(=O)Nc1ccc(SC)cc1. The highest BCUT2D eigenvalue weighted by Gasteiger charge is 2.22. The Morgan fingerprint density at radius 1 is 0.971 bits per heavy atom. The van der Waals surface area contributed by atoms with Crippen LogP contribution >= 0.6 is 23.1 Å². The second kappa shape index (κ2) is 14.6. The van der Waals surface area contributed by atoms with Crippen LogP contribution in [0.3, 0.4) is 0 Å². The summed E-state index contributed by atoms with van der Waals surface area (Å²) in [5.41, 5.74) is 1.76. The molecule has 1 aromatic heterocycles. The quantitative estimate of drug-likeness (QED) is 0.227. The Labute approximate surface area is 216 Å². The predicted octanol–water partition coefficient (Wildman–Crippen LogP) is 5.96. The maximum Gasteiger partial charge on any atom is 0.322 e. The second-order valence-electron chi connectivity index (χ2n) is 7.95. The van der Waals surface area contributed by atoms with E-state index in [1.54, 1.807) is 28.0 Å². The van der Waals surface area contributed by atoms with Crippen LogP contribution in [-0.2, 0) is 22.6 Å². The van der Waals surface area contributed by atoms with Crippen molar-refractivity contribution in [1.29, 1.82) is 0 Å². The number of hydrogen-bond acceptors (Lipinski definition) is 5. The largest absolute Gasteiger partial charge is 0.382 e. The zero-order valence-corrected chi connectivity index (χ0v) is 21.9. The highest BCUT2D eigenvalue weighted by Crippen LogP contribution is 2.18. The van der Waals surface area contributed by atoms with E-state index < -0.39 is 0 Å². The summed E-state index contributed by atoms with van der Waals surface area (Å²) in [6, 6.07) is 21.3.